The summed E-state index contributed by atoms with van der Waals surface area (Å²) in [6.45, 7) is 4.09. The van der Waals surface area contributed by atoms with Crippen LogP contribution >= 0.6 is 11.8 Å². The topological polar surface area (TPSA) is 61.8 Å². The van der Waals surface area contributed by atoms with Gasteiger partial charge in [0.2, 0.25) is 23.1 Å². The van der Waals surface area contributed by atoms with Gasteiger partial charge in [-0.25, -0.2) is 0 Å². The number of fused-ring (bicyclic) bond motifs is 1. The molecule has 5 nitrogen and oxygen atoms in total. The molecule has 3 rings (SSSR count). The largest absolute Gasteiger partial charge is 0.497 e. The second kappa shape index (κ2) is 8.31. The summed E-state index contributed by atoms with van der Waals surface area (Å²) in [7, 11) is 1.62. The number of rotatable bonds is 7. The molecule has 0 saturated carbocycles. The summed E-state index contributed by atoms with van der Waals surface area (Å²) in [5.41, 5.74) is 0.677. The molecule has 2 aromatic rings. The molecule has 0 atom stereocenters. The van der Waals surface area contributed by atoms with Gasteiger partial charge in [-0.05, 0) is 56.3 Å². The monoisotopic (exact) mass is 384 g/mol. The second-order valence-corrected chi connectivity index (χ2v) is 6.81. The number of benzene rings is 2. The Hall–Kier alpha value is -2.73. The summed E-state index contributed by atoms with van der Waals surface area (Å²) < 4.78 is 16.0. The molecule has 0 fully saturated rings. The van der Waals surface area contributed by atoms with Gasteiger partial charge in [-0.3, -0.25) is 9.59 Å². The highest BCUT2D eigenvalue weighted by atomic mass is 32.2. The molecule has 0 bridgehead atoms. The molecule has 6 heteroatoms. The highest BCUT2D eigenvalue weighted by Crippen LogP contribution is 2.34. The molecule has 0 spiro atoms. The number of hydrogen-bond acceptors (Lipinski definition) is 6. The summed E-state index contributed by atoms with van der Waals surface area (Å²) in [5.74, 6) is 0.111. The van der Waals surface area contributed by atoms with Gasteiger partial charge in [0.25, 0.3) is 0 Å². The van der Waals surface area contributed by atoms with Crippen LogP contribution in [0.2, 0.25) is 0 Å². The molecule has 2 aromatic carbocycles. The van der Waals surface area contributed by atoms with Crippen molar-refractivity contribution in [3.8, 4) is 5.75 Å². The van der Waals surface area contributed by atoms with Crippen molar-refractivity contribution >= 4 is 23.3 Å². The van der Waals surface area contributed by atoms with Gasteiger partial charge in [0.15, 0.2) is 0 Å². The van der Waals surface area contributed by atoms with Gasteiger partial charge in [0, 0.05) is 20.9 Å². The first kappa shape index (κ1) is 19.0. The van der Waals surface area contributed by atoms with Gasteiger partial charge in [-0.2, -0.15) is 0 Å². The van der Waals surface area contributed by atoms with Crippen LogP contribution in [0.25, 0.3) is 0 Å². The lowest BCUT2D eigenvalue weighted by Gasteiger charge is -2.21. The number of hydrogen-bond donors (Lipinski definition) is 0. The van der Waals surface area contributed by atoms with E-state index in [1.165, 1.54) is 11.8 Å². The molecule has 27 heavy (non-hydrogen) atoms. The molecule has 0 aromatic heterocycles. The van der Waals surface area contributed by atoms with Crippen molar-refractivity contribution in [1.82, 2.24) is 0 Å². The Kier molecular flexibility index (Phi) is 5.86. The van der Waals surface area contributed by atoms with Crippen LogP contribution in [-0.2, 0) is 9.47 Å². The zero-order valence-electron chi connectivity index (χ0n) is 15.4. The van der Waals surface area contributed by atoms with Crippen molar-refractivity contribution in [3.63, 3.8) is 0 Å². The molecular weight excluding hydrogens is 364 g/mol. The zero-order chi connectivity index (χ0) is 19.4. The molecule has 0 amide bonds. The maximum absolute atomic E-state index is 12.9. The van der Waals surface area contributed by atoms with Gasteiger partial charge >= 0.3 is 0 Å². The maximum Gasteiger partial charge on any atom is 0.232 e. The Morgan fingerprint density at radius 3 is 1.89 bits per heavy atom. The predicted octanol–water partition coefficient (Wildman–Crippen LogP) is 4.51. The summed E-state index contributed by atoms with van der Waals surface area (Å²) in [6, 6.07) is 12.9. The third kappa shape index (κ3) is 3.85. The van der Waals surface area contributed by atoms with Crippen molar-refractivity contribution in [2.75, 3.05) is 20.3 Å². The van der Waals surface area contributed by atoms with Crippen molar-refractivity contribution in [2.24, 2.45) is 0 Å². The van der Waals surface area contributed by atoms with Crippen LogP contribution in [0.15, 0.2) is 63.8 Å². The lowest BCUT2D eigenvalue weighted by molar-refractivity contribution is 0.0771. The quantitative estimate of drug-likeness (QED) is 0.700. The van der Waals surface area contributed by atoms with Crippen molar-refractivity contribution in [2.45, 2.75) is 23.6 Å². The minimum atomic E-state index is -0.327. The molecule has 0 aliphatic heterocycles. The summed E-state index contributed by atoms with van der Waals surface area (Å²) in [4.78, 5) is 27.5. The number of carbonyl (C=O) groups excluding carboxylic acids is 2. The highest BCUT2D eigenvalue weighted by molar-refractivity contribution is 7.99. The predicted molar refractivity (Wildman–Crippen MR) is 102 cm³/mol. The fourth-order valence-corrected chi connectivity index (χ4v) is 3.61. The third-order valence-electron chi connectivity index (χ3n) is 3.97. The Labute approximate surface area is 162 Å². The Bertz CT molecular complexity index is 899. The van der Waals surface area contributed by atoms with E-state index in [0.717, 1.165) is 15.5 Å². The Morgan fingerprint density at radius 2 is 1.33 bits per heavy atom. The first-order valence-electron chi connectivity index (χ1n) is 8.64. The Balaban J connectivity index is 1.94. The SMILES string of the molecule is CCOC1=C(OCC)C(=O)c2cc(Sc3ccc(OC)cc3)ccc2C1=O. The van der Waals surface area contributed by atoms with E-state index < -0.39 is 0 Å². The van der Waals surface area contributed by atoms with Crippen LogP contribution < -0.4 is 4.74 Å². The van der Waals surface area contributed by atoms with E-state index in [-0.39, 0.29) is 36.3 Å². The Morgan fingerprint density at radius 1 is 0.778 bits per heavy atom. The maximum atomic E-state index is 12.9. The number of allylic oxidation sites excluding steroid dienone is 2. The molecular formula is C21H20O5S. The van der Waals surface area contributed by atoms with Crippen LogP contribution in [0.4, 0.5) is 0 Å². The summed E-state index contributed by atoms with van der Waals surface area (Å²) >= 11 is 1.50. The molecule has 1 aliphatic rings. The number of methoxy groups -OCH3 is 1. The van der Waals surface area contributed by atoms with Crippen LogP contribution in [0.3, 0.4) is 0 Å². The molecule has 0 heterocycles. The third-order valence-corrected chi connectivity index (χ3v) is 4.97. The van der Waals surface area contributed by atoms with Crippen molar-refractivity contribution < 1.29 is 23.8 Å². The average Bonchev–Trinajstić information content (AvgIpc) is 2.69. The normalized spacial score (nSPS) is 13.4. The van der Waals surface area contributed by atoms with Crippen LogP contribution in [0, 0.1) is 0 Å². The lowest BCUT2D eigenvalue weighted by atomic mass is 9.92. The van der Waals surface area contributed by atoms with Crippen LogP contribution in [0.5, 0.6) is 5.75 Å². The molecule has 140 valence electrons. The molecule has 1 aliphatic carbocycles. The van der Waals surface area contributed by atoms with E-state index >= 15 is 0 Å². The lowest BCUT2D eigenvalue weighted by Crippen LogP contribution is -2.25. The van der Waals surface area contributed by atoms with E-state index in [9.17, 15) is 9.59 Å². The number of ether oxygens (including phenoxy) is 3. The molecule has 0 unspecified atom stereocenters. The second-order valence-electron chi connectivity index (χ2n) is 5.67. The van der Waals surface area contributed by atoms with Gasteiger partial charge < -0.3 is 14.2 Å². The van der Waals surface area contributed by atoms with Gasteiger partial charge in [0.1, 0.15) is 5.75 Å². The van der Waals surface area contributed by atoms with E-state index in [4.69, 9.17) is 14.2 Å². The molecule has 0 N–H and O–H groups in total. The van der Waals surface area contributed by atoms with E-state index in [1.54, 1.807) is 33.1 Å². The van der Waals surface area contributed by atoms with Crippen molar-refractivity contribution in [3.05, 3.63) is 65.1 Å². The fraction of sp³-hybridized carbons (Fsp3) is 0.238. The first-order chi connectivity index (χ1) is 13.1. The summed E-state index contributed by atoms with van der Waals surface area (Å²) in [5, 5.41) is 0. The van der Waals surface area contributed by atoms with Gasteiger partial charge in [0.05, 0.1) is 20.3 Å². The van der Waals surface area contributed by atoms with Gasteiger partial charge in [-0.15, -0.1) is 0 Å². The van der Waals surface area contributed by atoms with E-state index in [1.807, 2.05) is 30.3 Å². The van der Waals surface area contributed by atoms with Gasteiger partial charge in [-0.1, -0.05) is 11.8 Å². The highest BCUT2D eigenvalue weighted by Gasteiger charge is 2.35. The smallest absolute Gasteiger partial charge is 0.232 e. The summed E-state index contributed by atoms with van der Waals surface area (Å²) in [6.07, 6.45) is 0. The average molecular weight is 384 g/mol. The molecule has 0 saturated heterocycles. The van der Waals surface area contributed by atoms with Crippen LogP contribution in [0.1, 0.15) is 34.6 Å². The van der Waals surface area contributed by atoms with Crippen LogP contribution in [-0.4, -0.2) is 31.9 Å². The fourth-order valence-electron chi connectivity index (χ4n) is 2.75. The number of ketones is 2. The standard InChI is InChI=1S/C21H20O5S/c1-4-25-20-18(22)16-11-10-15(12-17(16)19(23)21(20)26-5-2)27-14-8-6-13(24-3)7-9-14/h6-12H,4-5H2,1-3H3. The number of carbonyl (C=O) groups is 2. The zero-order valence-corrected chi connectivity index (χ0v) is 16.2. The number of Topliss-reactive ketones (excluding diaryl/α,β-unsaturated/α-hetero) is 2. The van der Waals surface area contributed by atoms with E-state index in [0.29, 0.717) is 11.1 Å². The first-order valence-corrected chi connectivity index (χ1v) is 9.45. The molecule has 0 radical (unpaired) electrons. The minimum absolute atomic E-state index is 0.00703. The van der Waals surface area contributed by atoms with Crippen molar-refractivity contribution in [1.29, 1.82) is 0 Å². The van der Waals surface area contributed by atoms with E-state index in [2.05, 4.69) is 0 Å². The minimum Gasteiger partial charge on any atom is -0.497 e.